The maximum Gasteiger partial charge on any atom is 0.328 e. The van der Waals surface area contributed by atoms with Crippen LogP contribution in [0, 0.1) is 0 Å². The Kier molecular flexibility index (Phi) is 28.5. The van der Waals surface area contributed by atoms with Crippen molar-refractivity contribution in [2.45, 2.75) is 0 Å². The van der Waals surface area contributed by atoms with Crippen LogP contribution < -0.4 is 31.9 Å². The van der Waals surface area contributed by atoms with E-state index in [2.05, 4.69) is 31.9 Å². The summed E-state index contributed by atoms with van der Waals surface area (Å²) >= 11 is 0. The minimum absolute atomic E-state index is 0.118. The highest BCUT2D eigenvalue weighted by Gasteiger charge is 2.33. The number of fused-ring (bicyclic) bond motifs is 2. The third kappa shape index (κ3) is 24.7. The molecular formula is C38H50N6O16. The van der Waals surface area contributed by atoms with Crippen molar-refractivity contribution in [2.75, 3.05) is 89.3 Å². The normalized spacial score (nSPS) is 11.2. The zero-order chi connectivity index (χ0) is 45.3. The van der Waals surface area contributed by atoms with Crippen molar-refractivity contribution in [1.82, 2.24) is 21.3 Å². The number of anilines is 2. The van der Waals surface area contributed by atoms with Crippen molar-refractivity contribution in [3.8, 4) is 0 Å². The van der Waals surface area contributed by atoms with Crippen LogP contribution in [0.5, 0.6) is 0 Å². The summed E-state index contributed by atoms with van der Waals surface area (Å²) in [5, 5.41) is 83.9. The number of aliphatic carboxylic acids is 6. The van der Waals surface area contributed by atoms with Gasteiger partial charge in [0.1, 0.15) is 0 Å². The van der Waals surface area contributed by atoms with E-state index in [0.717, 1.165) is 26.2 Å². The number of rotatable bonds is 24. The monoisotopic (exact) mass is 846 g/mol. The Morgan fingerprint density at radius 1 is 0.400 bits per heavy atom. The van der Waals surface area contributed by atoms with Crippen LogP contribution in [0.4, 0.5) is 11.4 Å². The highest BCUT2D eigenvalue weighted by molar-refractivity contribution is 6.31. The molecule has 0 saturated heterocycles. The van der Waals surface area contributed by atoms with Crippen molar-refractivity contribution in [1.29, 1.82) is 0 Å². The first-order valence-corrected chi connectivity index (χ1v) is 17.9. The standard InChI is InChI=1S/C26H38N6O4.3C4H4O4/c33-17-15-29-9-7-27-11-13-31-21-5-6-22(32-14-12-28-8-10-30-16-18-34)24-23(21)25(35)19-3-1-2-4-20(19)26(24)36;3*5-3(6)1-2-4(7)8/h1-6,27-34H,7-18H2;3*1-2H,(H,5,6)(H,7,8)/b;3*2-1-. The van der Waals surface area contributed by atoms with Gasteiger partial charge in [-0.3, -0.25) is 9.59 Å². The molecule has 0 spiro atoms. The zero-order valence-corrected chi connectivity index (χ0v) is 32.3. The predicted molar refractivity (Wildman–Crippen MR) is 216 cm³/mol. The van der Waals surface area contributed by atoms with Gasteiger partial charge in [0.2, 0.25) is 0 Å². The summed E-state index contributed by atoms with van der Waals surface area (Å²) in [4.78, 5) is 84.2. The molecule has 2 aromatic carbocycles. The van der Waals surface area contributed by atoms with Crippen molar-refractivity contribution in [2.24, 2.45) is 0 Å². The van der Waals surface area contributed by atoms with Gasteiger partial charge < -0.3 is 72.8 Å². The second kappa shape index (κ2) is 32.2. The van der Waals surface area contributed by atoms with Crippen LogP contribution in [-0.4, -0.2) is 167 Å². The van der Waals surface area contributed by atoms with E-state index < -0.39 is 35.8 Å². The molecule has 0 aromatic heterocycles. The molecule has 0 radical (unpaired) electrons. The Labute approximate surface area is 343 Å². The highest BCUT2D eigenvalue weighted by atomic mass is 16.4. The molecule has 1 aliphatic rings. The van der Waals surface area contributed by atoms with Gasteiger partial charge in [-0.1, -0.05) is 24.3 Å². The number of carbonyl (C=O) groups is 8. The molecule has 60 heavy (non-hydrogen) atoms. The number of hydrogen-bond acceptors (Lipinski definition) is 16. The molecule has 0 aliphatic heterocycles. The molecule has 0 bridgehead atoms. The molecule has 0 heterocycles. The van der Waals surface area contributed by atoms with E-state index in [-0.39, 0.29) is 24.8 Å². The van der Waals surface area contributed by atoms with E-state index >= 15 is 0 Å². The molecule has 22 heteroatoms. The van der Waals surface area contributed by atoms with Crippen molar-refractivity contribution in [3.05, 3.63) is 95.1 Å². The first kappa shape index (κ1) is 53.2. The van der Waals surface area contributed by atoms with Gasteiger partial charge in [-0.25, -0.2) is 28.8 Å². The van der Waals surface area contributed by atoms with E-state index in [1.807, 2.05) is 12.1 Å². The summed E-state index contributed by atoms with van der Waals surface area (Å²) < 4.78 is 0. The van der Waals surface area contributed by atoms with Gasteiger partial charge in [-0.05, 0) is 12.1 Å². The van der Waals surface area contributed by atoms with Crippen molar-refractivity contribution >= 4 is 58.8 Å². The fourth-order valence-electron chi connectivity index (χ4n) is 4.53. The summed E-state index contributed by atoms with van der Waals surface area (Å²) in [5.41, 5.74) is 2.98. The summed E-state index contributed by atoms with van der Waals surface area (Å²) in [6.45, 7) is 6.98. The number of aliphatic hydroxyl groups is 2. The number of hydrogen-bond donors (Lipinski definition) is 14. The van der Waals surface area contributed by atoms with Crippen LogP contribution in [-0.2, 0) is 28.8 Å². The molecule has 328 valence electrons. The Morgan fingerprint density at radius 2 is 0.650 bits per heavy atom. The fraction of sp³-hybridized carbons (Fsp3) is 0.316. The number of carboxylic acids is 6. The maximum absolute atomic E-state index is 13.5. The van der Waals surface area contributed by atoms with Gasteiger partial charge in [-0.15, -0.1) is 0 Å². The van der Waals surface area contributed by atoms with E-state index in [1.165, 1.54) is 0 Å². The van der Waals surface area contributed by atoms with Crippen LogP contribution in [0.25, 0.3) is 0 Å². The topological polar surface area (TPSA) is 371 Å². The molecule has 0 fully saturated rings. The van der Waals surface area contributed by atoms with Gasteiger partial charge in [0, 0.05) is 124 Å². The summed E-state index contributed by atoms with van der Waals surface area (Å²) in [5.74, 6) is -7.85. The van der Waals surface area contributed by atoms with Gasteiger partial charge in [0.05, 0.1) is 24.3 Å². The van der Waals surface area contributed by atoms with E-state index in [1.54, 1.807) is 24.3 Å². The smallest absolute Gasteiger partial charge is 0.328 e. The van der Waals surface area contributed by atoms with Crippen LogP contribution in [0.2, 0.25) is 0 Å². The number of carboxylic acid groups (broad SMARTS) is 6. The van der Waals surface area contributed by atoms with Crippen LogP contribution in [0.15, 0.2) is 72.9 Å². The third-order valence-corrected chi connectivity index (χ3v) is 6.95. The first-order chi connectivity index (χ1) is 28.6. The van der Waals surface area contributed by atoms with Crippen molar-refractivity contribution in [3.63, 3.8) is 0 Å². The average molecular weight is 847 g/mol. The zero-order valence-electron chi connectivity index (χ0n) is 32.3. The maximum atomic E-state index is 13.5. The lowest BCUT2D eigenvalue weighted by molar-refractivity contribution is -0.134. The summed E-state index contributed by atoms with van der Waals surface area (Å²) in [6.07, 6.45) is 3.35. The highest BCUT2D eigenvalue weighted by Crippen LogP contribution is 2.36. The number of carbonyl (C=O) groups excluding carboxylic acids is 2. The minimum atomic E-state index is -1.26. The van der Waals surface area contributed by atoms with Crippen LogP contribution >= 0.6 is 0 Å². The number of aliphatic hydroxyl groups excluding tert-OH is 2. The number of benzene rings is 2. The first-order valence-electron chi connectivity index (χ1n) is 17.9. The molecule has 0 unspecified atom stereocenters. The predicted octanol–water partition coefficient (Wildman–Crippen LogP) is -1.24. The lowest BCUT2D eigenvalue weighted by Gasteiger charge is -2.24. The second-order valence-electron chi connectivity index (χ2n) is 11.4. The molecule has 14 N–H and O–H groups in total. The molecule has 0 atom stereocenters. The largest absolute Gasteiger partial charge is 0.478 e. The third-order valence-electron chi connectivity index (χ3n) is 6.95. The van der Waals surface area contributed by atoms with E-state index in [0.29, 0.717) is 109 Å². The number of nitrogens with one attached hydrogen (secondary N) is 6. The van der Waals surface area contributed by atoms with Crippen molar-refractivity contribution < 1.29 is 79.2 Å². The van der Waals surface area contributed by atoms with Gasteiger partial charge in [0.15, 0.2) is 11.6 Å². The lowest BCUT2D eigenvalue weighted by Crippen LogP contribution is -2.32. The quantitative estimate of drug-likeness (QED) is 0.0370. The molecule has 0 saturated carbocycles. The molecule has 1 aliphatic carbocycles. The van der Waals surface area contributed by atoms with Gasteiger partial charge in [0.25, 0.3) is 0 Å². The molecular weight excluding hydrogens is 796 g/mol. The summed E-state index contributed by atoms with van der Waals surface area (Å²) in [6, 6.07) is 10.7. The summed E-state index contributed by atoms with van der Waals surface area (Å²) in [7, 11) is 0. The van der Waals surface area contributed by atoms with Crippen LogP contribution in [0.3, 0.4) is 0 Å². The number of ketones is 2. The Bertz CT molecular complexity index is 1620. The molecule has 2 aromatic rings. The fourth-order valence-corrected chi connectivity index (χ4v) is 4.53. The van der Waals surface area contributed by atoms with E-state index in [9.17, 15) is 38.4 Å². The Balaban J connectivity index is 0.00000117. The Hall–Kier alpha value is -6.82. The van der Waals surface area contributed by atoms with Gasteiger partial charge >= 0.3 is 35.8 Å². The van der Waals surface area contributed by atoms with Gasteiger partial charge in [-0.2, -0.15) is 0 Å². The molecule has 0 amide bonds. The van der Waals surface area contributed by atoms with E-state index in [4.69, 9.17) is 40.9 Å². The SMILES string of the molecule is O=C(O)/C=C\C(=O)O.O=C(O)/C=C\C(=O)O.O=C(O)/C=C\C(=O)O.O=C1c2ccccc2C(=O)c2c(NCCNCCNCCO)ccc(NCCNCCNCCO)c21. The molecule has 3 rings (SSSR count). The Morgan fingerprint density at radius 3 is 0.900 bits per heavy atom. The van der Waals surface area contributed by atoms with Crippen LogP contribution in [0.1, 0.15) is 31.8 Å². The average Bonchev–Trinajstić information content (AvgIpc) is 3.20. The minimum Gasteiger partial charge on any atom is -0.478 e. The second-order valence-corrected chi connectivity index (χ2v) is 11.4. The molecule has 22 nitrogen and oxygen atoms in total. The lowest BCUT2D eigenvalue weighted by atomic mass is 9.82.